The predicted molar refractivity (Wildman–Crippen MR) is 97.3 cm³/mol. The lowest BCUT2D eigenvalue weighted by Gasteiger charge is -2.09. The van der Waals surface area contributed by atoms with Gasteiger partial charge in [-0.3, -0.25) is 0 Å². The van der Waals surface area contributed by atoms with Crippen molar-refractivity contribution in [1.29, 1.82) is 0 Å². The Morgan fingerprint density at radius 3 is 2.52 bits per heavy atom. The molecule has 3 nitrogen and oxygen atoms in total. The summed E-state index contributed by atoms with van der Waals surface area (Å²) in [6, 6.07) is 18.5. The summed E-state index contributed by atoms with van der Waals surface area (Å²) in [6.45, 7) is 6.06. The number of halogens is 1. The summed E-state index contributed by atoms with van der Waals surface area (Å²) >= 11 is 0. The first kappa shape index (κ1) is 19.5. The molecule has 0 amide bonds. The first-order chi connectivity index (χ1) is 10.9. The zero-order valence-electron chi connectivity index (χ0n) is 13.7. The Morgan fingerprint density at radius 1 is 0.957 bits per heavy atom. The smallest absolute Gasteiger partial charge is 0.120 e. The second-order valence-electron chi connectivity index (χ2n) is 5.15. The average Bonchev–Trinajstić information content (AvgIpc) is 2.57. The topological polar surface area (TPSA) is 30.5 Å². The third kappa shape index (κ3) is 8.03. The van der Waals surface area contributed by atoms with Gasteiger partial charge in [-0.25, -0.2) is 0 Å². The fourth-order valence-electron chi connectivity index (χ4n) is 2.16. The molecule has 1 N–H and O–H groups in total. The van der Waals surface area contributed by atoms with Crippen LogP contribution < -0.4 is 10.1 Å². The van der Waals surface area contributed by atoms with E-state index in [1.807, 2.05) is 37.3 Å². The van der Waals surface area contributed by atoms with Crippen LogP contribution in [-0.4, -0.2) is 19.8 Å². The van der Waals surface area contributed by atoms with Gasteiger partial charge in [-0.1, -0.05) is 42.5 Å². The van der Waals surface area contributed by atoms with Gasteiger partial charge in [-0.05, 0) is 43.1 Å². The summed E-state index contributed by atoms with van der Waals surface area (Å²) < 4.78 is 11.2. The van der Waals surface area contributed by atoms with Crippen molar-refractivity contribution in [1.82, 2.24) is 5.32 Å². The number of nitrogens with one attached hydrogen (secondary N) is 1. The van der Waals surface area contributed by atoms with Crippen LogP contribution in [-0.2, 0) is 17.9 Å². The van der Waals surface area contributed by atoms with Gasteiger partial charge >= 0.3 is 0 Å². The Hall–Kier alpha value is -1.55. The fourth-order valence-corrected chi connectivity index (χ4v) is 2.16. The highest BCUT2D eigenvalue weighted by atomic mass is 35.5. The fraction of sp³-hybridized carbons (Fsp3) is 0.368. The highest BCUT2D eigenvalue weighted by Gasteiger charge is 1.98. The maximum Gasteiger partial charge on any atom is 0.120 e. The molecular weight excluding hydrogens is 310 g/mol. The quantitative estimate of drug-likeness (QED) is 0.660. The molecular formula is C19H26ClNO2. The molecule has 23 heavy (non-hydrogen) atoms. The normalized spacial score (nSPS) is 10.1. The van der Waals surface area contributed by atoms with Crippen LogP contribution >= 0.6 is 12.4 Å². The van der Waals surface area contributed by atoms with Crippen molar-refractivity contribution in [3.63, 3.8) is 0 Å². The largest absolute Gasteiger partial charge is 0.489 e. The molecule has 2 aromatic rings. The summed E-state index contributed by atoms with van der Waals surface area (Å²) in [5, 5.41) is 3.43. The Kier molecular flexibility index (Phi) is 10.1. The molecule has 126 valence electrons. The molecule has 0 saturated heterocycles. The first-order valence-electron chi connectivity index (χ1n) is 7.92. The van der Waals surface area contributed by atoms with Crippen LogP contribution in [0.5, 0.6) is 5.75 Å². The van der Waals surface area contributed by atoms with Crippen LogP contribution in [0.3, 0.4) is 0 Å². The standard InChI is InChI=1S/C19H25NO2.ClH/c1-2-21-13-7-12-20-15-18-10-6-11-19(14-18)22-16-17-8-4-3-5-9-17;/h3-6,8-11,14,20H,2,7,12-13,15-16H2,1H3;1H. The predicted octanol–water partition coefficient (Wildman–Crippen LogP) is 4.20. The molecule has 0 spiro atoms. The van der Waals surface area contributed by atoms with Crippen LogP contribution in [0.4, 0.5) is 0 Å². The van der Waals surface area contributed by atoms with Gasteiger partial charge in [0.25, 0.3) is 0 Å². The van der Waals surface area contributed by atoms with Crippen LogP contribution in [0, 0.1) is 0 Å². The van der Waals surface area contributed by atoms with Gasteiger partial charge in [0.1, 0.15) is 12.4 Å². The van der Waals surface area contributed by atoms with E-state index in [1.165, 1.54) is 11.1 Å². The highest BCUT2D eigenvalue weighted by Crippen LogP contribution is 2.15. The lowest BCUT2D eigenvalue weighted by Crippen LogP contribution is -2.16. The zero-order chi connectivity index (χ0) is 15.5. The minimum absolute atomic E-state index is 0. The van der Waals surface area contributed by atoms with Crippen molar-refractivity contribution in [3.8, 4) is 5.75 Å². The first-order valence-corrected chi connectivity index (χ1v) is 7.92. The third-order valence-corrected chi connectivity index (χ3v) is 3.32. The maximum atomic E-state index is 5.84. The monoisotopic (exact) mass is 335 g/mol. The molecule has 0 aliphatic rings. The van der Waals surface area contributed by atoms with Crippen molar-refractivity contribution in [2.75, 3.05) is 19.8 Å². The van der Waals surface area contributed by atoms with Crippen LogP contribution in [0.25, 0.3) is 0 Å². The Morgan fingerprint density at radius 2 is 1.74 bits per heavy atom. The minimum atomic E-state index is 0. The SMILES string of the molecule is CCOCCCNCc1cccc(OCc2ccccc2)c1.Cl. The minimum Gasteiger partial charge on any atom is -0.489 e. The van der Waals surface area contributed by atoms with Gasteiger partial charge in [0.05, 0.1) is 0 Å². The number of hydrogen-bond donors (Lipinski definition) is 1. The lowest BCUT2D eigenvalue weighted by molar-refractivity contribution is 0.144. The molecule has 4 heteroatoms. The number of rotatable bonds is 10. The molecule has 0 aliphatic heterocycles. The number of ether oxygens (including phenoxy) is 2. The molecule has 0 saturated carbocycles. The van der Waals surface area contributed by atoms with Crippen LogP contribution in [0.1, 0.15) is 24.5 Å². The lowest BCUT2D eigenvalue weighted by atomic mass is 10.2. The van der Waals surface area contributed by atoms with Gasteiger partial charge in [0.2, 0.25) is 0 Å². The molecule has 0 aromatic heterocycles. The van der Waals surface area contributed by atoms with E-state index in [-0.39, 0.29) is 12.4 Å². The van der Waals surface area contributed by atoms with E-state index in [9.17, 15) is 0 Å². The summed E-state index contributed by atoms with van der Waals surface area (Å²) in [4.78, 5) is 0. The van der Waals surface area contributed by atoms with Crippen LogP contribution in [0.15, 0.2) is 54.6 Å². The third-order valence-electron chi connectivity index (χ3n) is 3.32. The Labute approximate surface area is 145 Å². The van der Waals surface area contributed by atoms with E-state index in [0.29, 0.717) is 6.61 Å². The molecule has 0 radical (unpaired) electrons. The number of benzene rings is 2. The molecule has 0 heterocycles. The van der Waals surface area contributed by atoms with Gasteiger partial charge in [0.15, 0.2) is 0 Å². The second-order valence-corrected chi connectivity index (χ2v) is 5.15. The van der Waals surface area contributed by atoms with E-state index in [0.717, 1.165) is 38.5 Å². The molecule has 2 aromatic carbocycles. The molecule has 0 bridgehead atoms. The van der Waals surface area contributed by atoms with E-state index in [1.54, 1.807) is 0 Å². The van der Waals surface area contributed by atoms with Gasteiger partial charge in [-0.2, -0.15) is 0 Å². The molecule has 2 rings (SSSR count). The van der Waals surface area contributed by atoms with Gasteiger partial charge in [-0.15, -0.1) is 12.4 Å². The Bertz CT molecular complexity index is 534. The van der Waals surface area contributed by atoms with Crippen molar-refractivity contribution in [2.24, 2.45) is 0 Å². The summed E-state index contributed by atoms with van der Waals surface area (Å²) in [5.41, 5.74) is 2.42. The Balaban J connectivity index is 0.00000264. The van der Waals surface area contributed by atoms with Crippen molar-refractivity contribution in [2.45, 2.75) is 26.5 Å². The zero-order valence-corrected chi connectivity index (χ0v) is 14.5. The molecule has 0 aliphatic carbocycles. The van der Waals surface area contributed by atoms with Gasteiger partial charge < -0.3 is 14.8 Å². The molecule has 0 atom stereocenters. The summed E-state index contributed by atoms with van der Waals surface area (Å²) in [7, 11) is 0. The number of hydrogen-bond acceptors (Lipinski definition) is 3. The molecule has 0 unspecified atom stereocenters. The van der Waals surface area contributed by atoms with E-state index >= 15 is 0 Å². The molecule has 0 fully saturated rings. The van der Waals surface area contributed by atoms with Crippen molar-refractivity contribution in [3.05, 3.63) is 65.7 Å². The van der Waals surface area contributed by atoms with E-state index < -0.39 is 0 Å². The second kappa shape index (κ2) is 11.9. The van der Waals surface area contributed by atoms with Crippen LogP contribution in [0.2, 0.25) is 0 Å². The van der Waals surface area contributed by atoms with E-state index in [4.69, 9.17) is 9.47 Å². The maximum absolute atomic E-state index is 5.84. The van der Waals surface area contributed by atoms with Crippen molar-refractivity contribution < 1.29 is 9.47 Å². The summed E-state index contributed by atoms with van der Waals surface area (Å²) in [5.74, 6) is 0.914. The average molecular weight is 336 g/mol. The van der Waals surface area contributed by atoms with Gasteiger partial charge in [0, 0.05) is 19.8 Å². The highest BCUT2D eigenvalue weighted by molar-refractivity contribution is 5.85. The van der Waals surface area contributed by atoms with Crippen molar-refractivity contribution >= 4 is 12.4 Å². The summed E-state index contributed by atoms with van der Waals surface area (Å²) in [6.07, 6.45) is 1.04. The van der Waals surface area contributed by atoms with E-state index in [2.05, 4.69) is 29.6 Å².